The standard InChI is InChI=1S/C20H11Br2N3O3/c21-20(11-23)17(14-7-3-4-8-16(14)25(26)27)15-10-9-12-5-1-2-6-13(12)18(15)28-19(20)24-22/h1-10,17H. The molecule has 2 atom stereocenters. The molecule has 0 spiro atoms. The third-order valence-corrected chi connectivity index (χ3v) is 6.11. The third-order valence-electron chi connectivity index (χ3n) is 4.81. The Hall–Kier alpha value is -2.76. The molecule has 0 amide bonds. The summed E-state index contributed by atoms with van der Waals surface area (Å²) < 4.78 is 8.59. The van der Waals surface area contributed by atoms with Crippen molar-refractivity contribution in [1.29, 1.82) is 5.26 Å². The summed E-state index contributed by atoms with van der Waals surface area (Å²) in [5.41, 5.74) is 1.01. The van der Waals surface area contributed by atoms with Crippen molar-refractivity contribution in [2.24, 2.45) is 4.02 Å². The molecule has 0 aromatic heterocycles. The molecule has 3 aromatic carbocycles. The smallest absolute Gasteiger partial charge is 0.273 e. The average Bonchev–Trinajstić information content (AvgIpc) is 2.73. The highest BCUT2D eigenvalue weighted by atomic mass is 79.9. The topological polar surface area (TPSA) is 88.5 Å². The minimum atomic E-state index is -1.42. The van der Waals surface area contributed by atoms with Crippen LogP contribution in [-0.2, 0) is 0 Å². The summed E-state index contributed by atoms with van der Waals surface area (Å²) in [6.45, 7) is 0. The van der Waals surface area contributed by atoms with Crippen LogP contribution in [0.1, 0.15) is 17.0 Å². The number of nitriles is 1. The molecule has 2 unspecified atom stereocenters. The summed E-state index contributed by atoms with van der Waals surface area (Å²) in [5.74, 6) is -0.0875. The van der Waals surface area contributed by atoms with Gasteiger partial charge in [-0.15, -0.1) is 0 Å². The lowest BCUT2D eigenvalue weighted by Crippen LogP contribution is -2.44. The zero-order valence-electron chi connectivity index (χ0n) is 14.2. The minimum Gasteiger partial charge on any atom is -0.439 e. The van der Waals surface area contributed by atoms with Gasteiger partial charge in [0, 0.05) is 22.6 Å². The highest BCUT2D eigenvalue weighted by Crippen LogP contribution is 2.52. The first-order valence-electron chi connectivity index (χ1n) is 8.23. The van der Waals surface area contributed by atoms with Gasteiger partial charge in [0.15, 0.2) is 4.32 Å². The van der Waals surface area contributed by atoms with E-state index < -0.39 is 15.2 Å². The molecule has 0 saturated carbocycles. The van der Waals surface area contributed by atoms with Gasteiger partial charge in [0.25, 0.3) is 5.69 Å². The molecule has 0 saturated heterocycles. The van der Waals surface area contributed by atoms with E-state index in [1.165, 1.54) is 6.07 Å². The van der Waals surface area contributed by atoms with Crippen molar-refractivity contribution in [3.8, 4) is 11.8 Å². The Balaban J connectivity index is 2.11. The quantitative estimate of drug-likeness (QED) is 0.259. The molecular weight excluding hydrogens is 490 g/mol. The summed E-state index contributed by atoms with van der Waals surface area (Å²) in [6, 6.07) is 20.0. The van der Waals surface area contributed by atoms with Crippen LogP contribution in [0.3, 0.4) is 0 Å². The number of nitrogens with zero attached hydrogens (tertiary/aromatic N) is 3. The molecule has 1 aliphatic rings. The van der Waals surface area contributed by atoms with E-state index in [1.807, 2.05) is 36.4 Å². The van der Waals surface area contributed by atoms with Gasteiger partial charge in [0.1, 0.15) is 5.75 Å². The SMILES string of the molecule is N#CC1(Br)C(=NBr)Oc2c(ccc3ccccc23)C1c1ccccc1[N+](=O)[O-]. The zero-order valence-corrected chi connectivity index (χ0v) is 17.3. The second-order valence-electron chi connectivity index (χ2n) is 6.27. The number of ether oxygens (including phenoxy) is 1. The van der Waals surface area contributed by atoms with E-state index in [2.05, 4.69) is 42.2 Å². The molecular formula is C20H11Br2N3O3. The Morgan fingerprint density at radius 3 is 2.54 bits per heavy atom. The number of alkyl halides is 1. The molecule has 4 rings (SSSR count). The molecule has 138 valence electrons. The molecule has 0 bridgehead atoms. The van der Waals surface area contributed by atoms with E-state index >= 15 is 0 Å². The number of benzene rings is 3. The fourth-order valence-electron chi connectivity index (χ4n) is 3.58. The number of hydrogen-bond acceptors (Lipinski definition) is 5. The van der Waals surface area contributed by atoms with Crippen LogP contribution >= 0.6 is 32.1 Å². The van der Waals surface area contributed by atoms with Crippen LogP contribution in [0.2, 0.25) is 0 Å². The predicted molar refractivity (Wildman–Crippen MR) is 113 cm³/mol. The molecule has 0 fully saturated rings. The summed E-state index contributed by atoms with van der Waals surface area (Å²) >= 11 is 6.51. The monoisotopic (exact) mass is 499 g/mol. The molecule has 1 heterocycles. The largest absolute Gasteiger partial charge is 0.439 e. The van der Waals surface area contributed by atoms with Gasteiger partial charge in [-0.25, -0.2) is 0 Å². The van der Waals surface area contributed by atoms with E-state index in [0.717, 1.165) is 10.8 Å². The Kier molecular flexibility index (Phi) is 4.65. The van der Waals surface area contributed by atoms with E-state index in [1.54, 1.807) is 18.2 Å². The summed E-state index contributed by atoms with van der Waals surface area (Å²) in [4.78, 5) is 11.2. The van der Waals surface area contributed by atoms with Gasteiger partial charge in [0.2, 0.25) is 5.90 Å². The van der Waals surface area contributed by atoms with Crippen LogP contribution in [0.25, 0.3) is 10.8 Å². The lowest BCUT2D eigenvalue weighted by atomic mass is 9.77. The highest BCUT2D eigenvalue weighted by Gasteiger charge is 2.52. The van der Waals surface area contributed by atoms with Crippen LogP contribution < -0.4 is 4.74 Å². The molecule has 3 aromatic rings. The maximum Gasteiger partial charge on any atom is 0.273 e. The molecule has 8 heteroatoms. The second kappa shape index (κ2) is 7.00. The molecule has 0 radical (unpaired) electrons. The van der Waals surface area contributed by atoms with Crippen molar-refractivity contribution >= 4 is 54.4 Å². The average molecular weight is 501 g/mol. The number of rotatable bonds is 2. The predicted octanol–water partition coefficient (Wildman–Crippen LogP) is 5.64. The number of para-hydroxylation sites is 1. The van der Waals surface area contributed by atoms with Gasteiger partial charge in [0.05, 0.1) is 33.1 Å². The Morgan fingerprint density at radius 2 is 1.82 bits per heavy atom. The van der Waals surface area contributed by atoms with E-state index in [4.69, 9.17) is 4.74 Å². The molecule has 1 aliphatic heterocycles. The Labute approximate surface area is 177 Å². The van der Waals surface area contributed by atoms with Crippen LogP contribution in [-0.4, -0.2) is 15.1 Å². The van der Waals surface area contributed by atoms with Crippen molar-refractivity contribution in [1.82, 2.24) is 0 Å². The fraction of sp³-hybridized carbons (Fsp3) is 0.100. The number of hydrogen-bond donors (Lipinski definition) is 0. The molecule has 0 aliphatic carbocycles. The van der Waals surface area contributed by atoms with Crippen LogP contribution in [0, 0.1) is 21.4 Å². The van der Waals surface area contributed by atoms with E-state index in [9.17, 15) is 15.4 Å². The number of nitro groups is 1. The number of nitro benzene ring substituents is 1. The molecule has 0 N–H and O–H groups in total. The van der Waals surface area contributed by atoms with E-state index in [-0.39, 0.29) is 11.6 Å². The van der Waals surface area contributed by atoms with Crippen molar-refractivity contribution in [3.05, 3.63) is 81.9 Å². The van der Waals surface area contributed by atoms with Gasteiger partial charge in [-0.2, -0.15) is 9.28 Å². The Morgan fingerprint density at radius 1 is 1.11 bits per heavy atom. The zero-order chi connectivity index (χ0) is 19.9. The maximum atomic E-state index is 11.7. The lowest BCUT2D eigenvalue weighted by Gasteiger charge is -2.36. The molecule has 6 nitrogen and oxygen atoms in total. The first kappa shape index (κ1) is 18.6. The van der Waals surface area contributed by atoms with Gasteiger partial charge < -0.3 is 4.74 Å². The normalized spacial score (nSPS) is 22.3. The van der Waals surface area contributed by atoms with Gasteiger partial charge in [-0.1, -0.05) is 70.5 Å². The van der Waals surface area contributed by atoms with Crippen LogP contribution in [0.15, 0.2) is 64.7 Å². The van der Waals surface area contributed by atoms with Crippen LogP contribution in [0.5, 0.6) is 5.75 Å². The summed E-state index contributed by atoms with van der Waals surface area (Å²) in [6.07, 6.45) is 0. The Bertz CT molecular complexity index is 1190. The second-order valence-corrected chi connectivity index (χ2v) is 7.87. The van der Waals surface area contributed by atoms with Crippen molar-refractivity contribution in [2.45, 2.75) is 10.2 Å². The van der Waals surface area contributed by atoms with Crippen molar-refractivity contribution in [3.63, 3.8) is 0 Å². The van der Waals surface area contributed by atoms with Gasteiger partial charge in [-0.05, 0) is 5.39 Å². The number of halogens is 2. The van der Waals surface area contributed by atoms with Crippen molar-refractivity contribution < 1.29 is 9.66 Å². The minimum absolute atomic E-state index is 0.0680. The first-order valence-corrected chi connectivity index (χ1v) is 9.74. The lowest BCUT2D eigenvalue weighted by molar-refractivity contribution is -0.385. The fourth-order valence-corrected chi connectivity index (χ4v) is 4.83. The van der Waals surface area contributed by atoms with Crippen molar-refractivity contribution in [2.75, 3.05) is 0 Å². The number of fused-ring (bicyclic) bond motifs is 3. The third kappa shape index (κ3) is 2.70. The van der Waals surface area contributed by atoms with Crippen LogP contribution in [0.4, 0.5) is 5.69 Å². The molecule has 28 heavy (non-hydrogen) atoms. The summed E-state index contributed by atoms with van der Waals surface area (Å²) in [7, 11) is 0. The first-order chi connectivity index (χ1) is 13.5. The van der Waals surface area contributed by atoms with E-state index in [0.29, 0.717) is 16.9 Å². The highest BCUT2D eigenvalue weighted by molar-refractivity contribution is 9.10. The maximum absolute atomic E-state index is 11.7. The van der Waals surface area contributed by atoms with Gasteiger partial charge in [-0.3, -0.25) is 10.1 Å². The summed E-state index contributed by atoms with van der Waals surface area (Å²) in [5, 5.41) is 23.5. The van der Waals surface area contributed by atoms with Gasteiger partial charge >= 0.3 is 0 Å².